The summed E-state index contributed by atoms with van der Waals surface area (Å²) in [7, 11) is 0. The molecule has 1 fully saturated rings. The van der Waals surface area contributed by atoms with E-state index in [2.05, 4.69) is 21.3 Å². The molecule has 54 heavy (non-hydrogen) atoms. The first kappa shape index (κ1) is 39.5. The number of nitrogens with zero attached hydrogens (tertiary/aromatic N) is 1. The smallest absolute Gasteiger partial charge is 0.352 e. The monoisotopic (exact) mass is 778 g/mol. The van der Waals surface area contributed by atoms with Crippen molar-refractivity contribution in [3.8, 4) is 11.5 Å². The van der Waals surface area contributed by atoms with Crippen LogP contribution in [0.2, 0.25) is 0 Å². The largest absolute Gasteiger partial charge is 0.508 e. The second-order valence-corrected chi connectivity index (χ2v) is 14.5. The minimum absolute atomic E-state index is 0.0644. The van der Waals surface area contributed by atoms with Gasteiger partial charge in [-0.2, -0.15) is 0 Å². The number of aromatic hydroxyl groups is 2. The Bertz CT molecular complexity index is 1960. The molecule has 3 aliphatic rings. The van der Waals surface area contributed by atoms with Crippen molar-refractivity contribution >= 4 is 59.1 Å². The molecule has 0 saturated carbocycles. The molecule has 16 nitrogen and oxygen atoms in total. The molecule has 2 aromatic rings. The van der Waals surface area contributed by atoms with E-state index in [0.717, 1.165) is 16.7 Å². The van der Waals surface area contributed by atoms with Gasteiger partial charge in [-0.05, 0) is 60.4 Å². The van der Waals surface area contributed by atoms with Gasteiger partial charge in [-0.25, -0.2) is 9.59 Å². The van der Waals surface area contributed by atoms with Crippen LogP contribution in [0.3, 0.4) is 0 Å². The Morgan fingerprint density at radius 3 is 1.96 bits per heavy atom. The number of benzene rings is 2. The van der Waals surface area contributed by atoms with Crippen molar-refractivity contribution in [1.29, 1.82) is 0 Å². The molecular formula is C36H38N6O10S2. The summed E-state index contributed by atoms with van der Waals surface area (Å²) in [6.45, 7) is 3.43. The number of hydrogen-bond donors (Lipinski definition) is 9. The molecule has 6 atom stereocenters. The van der Waals surface area contributed by atoms with Gasteiger partial charge in [0, 0.05) is 11.5 Å². The lowest BCUT2D eigenvalue weighted by Crippen LogP contribution is -2.71. The van der Waals surface area contributed by atoms with Crippen LogP contribution in [0.4, 0.5) is 0 Å². The molecule has 5 rings (SSSR count). The van der Waals surface area contributed by atoms with Crippen LogP contribution in [0, 0.1) is 0 Å². The summed E-state index contributed by atoms with van der Waals surface area (Å²) in [6, 6.07) is 5.28. The third-order valence-corrected chi connectivity index (χ3v) is 11.2. The first-order valence-electron chi connectivity index (χ1n) is 16.5. The third kappa shape index (κ3) is 8.40. The van der Waals surface area contributed by atoms with Gasteiger partial charge in [0.2, 0.25) is 17.7 Å². The first-order chi connectivity index (χ1) is 25.7. The number of thioether (sulfide) groups is 2. The van der Waals surface area contributed by atoms with E-state index >= 15 is 0 Å². The van der Waals surface area contributed by atoms with Crippen LogP contribution in [0.5, 0.6) is 11.5 Å². The van der Waals surface area contributed by atoms with Crippen molar-refractivity contribution in [3.63, 3.8) is 0 Å². The van der Waals surface area contributed by atoms with Crippen molar-refractivity contribution in [3.05, 3.63) is 107 Å². The zero-order valence-corrected chi connectivity index (χ0v) is 30.5. The van der Waals surface area contributed by atoms with Crippen molar-refractivity contribution < 1.29 is 49.2 Å². The number of allylic oxidation sites excluding steroid dienone is 4. The summed E-state index contributed by atoms with van der Waals surface area (Å²) in [5.74, 6) is -5.70. The summed E-state index contributed by atoms with van der Waals surface area (Å²) in [5, 5.41) is 48.3. The normalized spacial score (nSPS) is 21.4. The molecule has 0 spiro atoms. The number of rotatable bonds is 13. The molecular weight excluding hydrogens is 741 g/mol. The van der Waals surface area contributed by atoms with E-state index in [1.165, 1.54) is 60.3 Å². The highest BCUT2D eigenvalue weighted by Gasteiger charge is 2.54. The Morgan fingerprint density at radius 1 is 0.815 bits per heavy atom. The van der Waals surface area contributed by atoms with Crippen LogP contribution < -0.4 is 27.0 Å². The number of phenolic OH excluding ortho intramolecular Hbond substituents is 2. The van der Waals surface area contributed by atoms with Crippen molar-refractivity contribution in [2.45, 2.75) is 48.8 Å². The maximum Gasteiger partial charge on any atom is 0.352 e. The zero-order chi connectivity index (χ0) is 39.3. The molecule has 10 N–H and O–H groups in total. The minimum Gasteiger partial charge on any atom is -0.508 e. The highest BCUT2D eigenvalue weighted by Crippen LogP contribution is 2.41. The minimum atomic E-state index is -1.54. The predicted octanol–water partition coefficient (Wildman–Crippen LogP) is 1.33. The van der Waals surface area contributed by atoms with Crippen LogP contribution in [-0.2, 0) is 28.8 Å². The zero-order valence-electron chi connectivity index (χ0n) is 28.9. The average molecular weight is 779 g/mol. The number of carbonyl (C=O) groups is 6. The van der Waals surface area contributed by atoms with Crippen LogP contribution in [0.15, 0.2) is 95.4 Å². The highest BCUT2D eigenvalue weighted by molar-refractivity contribution is 8.00. The lowest BCUT2D eigenvalue weighted by Gasteiger charge is -2.49. The fourth-order valence-electron chi connectivity index (χ4n) is 6.00. The second-order valence-electron chi connectivity index (χ2n) is 12.2. The molecule has 0 unspecified atom stereocenters. The topological polar surface area (TPSA) is 261 Å². The van der Waals surface area contributed by atoms with Crippen molar-refractivity contribution in [2.24, 2.45) is 5.73 Å². The van der Waals surface area contributed by atoms with Gasteiger partial charge >= 0.3 is 11.9 Å². The Labute approximate surface area is 317 Å². The Kier molecular flexibility index (Phi) is 12.4. The Balaban J connectivity index is 1.44. The number of fused-ring (bicyclic) bond motifs is 1. The molecule has 3 heterocycles. The number of nitrogens with two attached hydrogens (primary N) is 1. The van der Waals surface area contributed by atoms with E-state index in [9.17, 15) is 49.2 Å². The summed E-state index contributed by atoms with van der Waals surface area (Å²) in [5.41, 5.74) is 7.17. The number of phenols is 2. The number of amides is 4. The van der Waals surface area contributed by atoms with Gasteiger partial charge in [0.15, 0.2) is 0 Å². The number of hydrogen-bond acceptors (Lipinski definition) is 12. The van der Waals surface area contributed by atoms with Crippen LogP contribution >= 0.6 is 23.5 Å². The first-order valence-corrected chi connectivity index (χ1v) is 18.6. The Hall–Kier alpha value is -5.72. The molecule has 1 saturated heterocycles. The molecule has 0 aromatic heterocycles. The lowest BCUT2D eigenvalue weighted by atomic mass is 10.00. The fraction of sp³-hybridized carbons (Fsp3) is 0.278. The predicted molar refractivity (Wildman–Crippen MR) is 199 cm³/mol. The second kappa shape index (κ2) is 17.0. The molecule has 0 bridgehead atoms. The summed E-state index contributed by atoms with van der Waals surface area (Å²) < 4.78 is 0. The van der Waals surface area contributed by atoms with E-state index < -0.39 is 70.5 Å². The SMILES string of the molecule is C/C=C\C1=C(C(=O)O)N[C@@H]([C@H](NC(=O)[C@H](N)c2ccc(O)cc2)C(=O)N[C@@H](C(=O)N[C@@H]2C(=O)N3C(C(=O)O)=C(/C=C\C)CS[C@H]23)c2ccc(O)cc2)SC1. The number of aliphatic carboxylic acids is 2. The standard InChI is InChI=1S/C36H38N6O10S2/c1-3-5-19-15-53-32(41-25(19)35(49)50)26(39-29(45)23(37)17-7-11-21(43)12-8-17)31(47)38-24(18-9-13-22(44)14-10-18)30(46)40-27-33(48)42-28(36(51)52)20(6-4-2)16-54-34(27)42/h3-14,23-24,26-27,32,34,41,43-44H,15-16,37H2,1-2H3,(H,38,47)(H,39,45)(H,40,46)(H,49,50)(H,51,52)/b5-3-,6-4-/t23-,24-,26-,27-,32-,34-/m1/s1. The maximum absolute atomic E-state index is 14.3. The van der Waals surface area contributed by atoms with E-state index in [4.69, 9.17) is 5.73 Å². The number of β-lactam (4-membered cyclic amide) rings is 1. The van der Waals surface area contributed by atoms with E-state index in [1.54, 1.807) is 38.2 Å². The number of carbonyl (C=O) groups excluding carboxylic acids is 4. The van der Waals surface area contributed by atoms with E-state index in [1.807, 2.05) is 0 Å². The van der Waals surface area contributed by atoms with Gasteiger partial charge < -0.3 is 47.4 Å². The third-order valence-electron chi connectivity index (χ3n) is 8.67. The van der Waals surface area contributed by atoms with Crippen molar-refractivity contribution in [1.82, 2.24) is 26.2 Å². The quantitative estimate of drug-likeness (QED) is 0.130. The van der Waals surface area contributed by atoms with Crippen LogP contribution in [0.1, 0.15) is 37.1 Å². The number of nitrogens with one attached hydrogen (secondary N) is 4. The molecule has 0 aliphatic carbocycles. The number of carboxylic acids is 2. The molecule has 18 heteroatoms. The highest BCUT2D eigenvalue weighted by atomic mass is 32.2. The molecule has 3 aliphatic heterocycles. The molecule has 4 amide bonds. The fourth-order valence-corrected chi connectivity index (χ4v) is 8.51. The average Bonchev–Trinajstić information content (AvgIpc) is 3.15. The summed E-state index contributed by atoms with van der Waals surface area (Å²) in [4.78, 5) is 80.6. The lowest BCUT2D eigenvalue weighted by molar-refractivity contribution is -0.151. The van der Waals surface area contributed by atoms with Gasteiger partial charge in [-0.1, -0.05) is 48.6 Å². The van der Waals surface area contributed by atoms with Crippen LogP contribution in [0.25, 0.3) is 0 Å². The molecule has 2 aromatic carbocycles. The maximum atomic E-state index is 14.3. The number of carboxylic acid groups (broad SMARTS) is 2. The van der Waals surface area contributed by atoms with Crippen molar-refractivity contribution in [2.75, 3.05) is 11.5 Å². The van der Waals surface area contributed by atoms with E-state index in [-0.39, 0.29) is 40.0 Å². The van der Waals surface area contributed by atoms with Gasteiger partial charge in [0.25, 0.3) is 5.91 Å². The summed E-state index contributed by atoms with van der Waals surface area (Å²) in [6.07, 6.45) is 6.52. The Morgan fingerprint density at radius 2 is 1.39 bits per heavy atom. The van der Waals surface area contributed by atoms with Gasteiger partial charge in [0.05, 0.1) is 0 Å². The van der Waals surface area contributed by atoms with Gasteiger partial charge in [-0.15, -0.1) is 23.5 Å². The molecule has 0 radical (unpaired) electrons. The van der Waals surface area contributed by atoms with Crippen LogP contribution in [-0.4, -0.2) is 95.2 Å². The summed E-state index contributed by atoms with van der Waals surface area (Å²) >= 11 is 2.37. The van der Waals surface area contributed by atoms with Gasteiger partial charge in [-0.3, -0.25) is 24.1 Å². The van der Waals surface area contributed by atoms with E-state index in [0.29, 0.717) is 16.7 Å². The molecule has 284 valence electrons. The van der Waals surface area contributed by atoms with Gasteiger partial charge in [0.1, 0.15) is 57.8 Å².